The van der Waals surface area contributed by atoms with Crippen molar-refractivity contribution in [2.45, 2.75) is 89.2 Å². The summed E-state index contributed by atoms with van der Waals surface area (Å²) in [5.41, 5.74) is -0.725. The van der Waals surface area contributed by atoms with Gasteiger partial charge in [0.05, 0.1) is 25.6 Å². The second-order valence-corrected chi connectivity index (χ2v) is 11.6. The second-order valence-electron chi connectivity index (χ2n) is 11.6. The summed E-state index contributed by atoms with van der Waals surface area (Å²) < 4.78 is 5.31. The molecule has 0 aliphatic carbocycles. The van der Waals surface area contributed by atoms with E-state index in [-0.39, 0.29) is 16.8 Å². The van der Waals surface area contributed by atoms with Crippen molar-refractivity contribution in [1.82, 2.24) is 15.2 Å². The number of carboxylic acid groups (broad SMARTS) is 3. The molecule has 0 bridgehead atoms. The third kappa shape index (κ3) is 10.3. The largest absolute Gasteiger partial charge is 0.504 e. The predicted octanol–water partition coefficient (Wildman–Crippen LogP) is 2.86. The number of rotatable bonds is 11. The minimum Gasteiger partial charge on any atom is -0.504 e. The Kier molecular flexibility index (Phi) is 11.2. The van der Waals surface area contributed by atoms with E-state index in [1.165, 1.54) is 0 Å². The van der Waals surface area contributed by atoms with Crippen LogP contribution in [0.15, 0.2) is 42.6 Å². The van der Waals surface area contributed by atoms with Crippen molar-refractivity contribution in [3.63, 3.8) is 0 Å². The Bertz CT molecular complexity index is 1170. The molecule has 0 spiro atoms. The molecule has 3 rings (SSSR count). The van der Waals surface area contributed by atoms with E-state index in [0.29, 0.717) is 18.3 Å². The summed E-state index contributed by atoms with van der Waals surface area (Å²) in [6, 6.07) is 12.1. The highest BCUT2D eigenvalue weighted by Gasteiger charge is 2.41. The quantitative estimate of drug-likeness (QED) is 0.230. The van der Waals surface area contributed by atoms with Crippen molar-refractivity contribution in [3.8, 4) is 11.5 Å². The van der Waals surface area contributed by atoms with Gasteiger partial charge in [0.1, 0.15) is 0 Å². The molecular weight excluding hydrogens is 534 g/mol. The summed E-state index contributed by atoms with van der Waals surface area (Å²) in [6.45, 7) is 10.5. The normalized spacial score (nSPS) is 16.4. The number of hydrogen-bond donors (Lipinski definition) is 6. The molecule has 1 fully saturated rings. The number of ether oxygens (including phenoxy) is 1. The lowest BCUT2D eigenvalue weighted by Gasteiger charge is -2.49. The fourth-order valence-electron chi connectivity index (χ4n) is 5.33. The number of hydrogen-bond acceptors (Lipinski definition) is 9. The van der Waals surface area contributed by atoms with Crippen LogP contribution in [0.3, 0.4) is 0 Å². The third-order valence-corrected chi connectivity index (χ3v) is 6.74. The van der Waals surface area contributed by atoms with Crippen LogP contribution in [0.25, 0.3) is 0 Å². The van der Waals surface area contributed by atoms with Crippen LogP contribution in [-0.2, 0) is 27.5 Å². The van der Waals surface area contributed by atoms with Crippen LogP contribution in [0, 0.1) is 0 Å². The number of benzene rings is 1. The number of pyridine rings is 1. The first-order chi connectivity index (χ1) is 19.0. The molecular formula is C29H41N3O9. The molecule has 0 radical (unpaired) electrons. The molecule has 12 nitrogen and oxygen atoms in total. The first kappa shape index (κ1) is 33.5. The van der Waals surface area contributed by atoms with Gasteiger partial charge in [-0.15, -0.1) is 0 Å². The highest BCUT2D eigenvalue weighted by molar-refractivity contribution is 5.88. The first-order valence-electron chi connectivity index (χ1n) is 13.1. The summed E-state index contributed by atoms with van der Waals surface area (Å²) in [4.78, 5) is 37.5. The van der Waals surface area contributed by atoms with Crippen LogP contribution in [0.4, 0.5) is 0 Å². The Balaban J connectivity index is 0.000000383. The lowest BCUT2D eigenvalue weighted by atomic mass is 9.79. The number of aliphatic hydroxyl groups is 1. The van der Waals surface area contributed by atoms with Crippen molar-refractivity contribution in [3.05, 3.63) is 53.9 Å². The Morgan fingerprint density at radius 2 is 1.56 bits per heavy atom. The average molecular weight is 576 g/mol. The van der Waals surface area contributed by atoms with Gasteiger partial charge in [0.15, 0.2) is 17.1 Å². The standard InChI is InChI=1S/C23H33N3O2.C6H8O7/c1-22(2)13-19(14-23(3,4)25-22)26(16-18-10-6-7-12-24-18)15-17-9-8-11-20(28-5)21(17)27;7-3(8)1-6(13,5(11)12)2-4(9)10/h6-12,19,25,27H,13-16H2,1-5H3;13H,1-2H2,(H,7,8)(H,9,10)(H,11,12). The van der Waals surface area contributed by atoms with Crippen LogP contribution in [0.5, 0.6) is 11.5 Å². The fraction of sp³-hybridized carbons (Fsp3) is 0.517. The van der Waals surface area contributed by atoms with Crippen LogP contribution in [0.1, 0.15) is 64.6 Å². The fourth-order valence-corrected chi connectivity index (χ4v) is 5.33. The Hall–Kier alpha value is -3.74. The number of phenolic OH excluding ortho intramolecular Hbond substituents is 1. The number of nitrogens with one attached hydrogen (secondary N) is 1. The molecule has 12 heteroatoms. The number of carbonyl (C=O) groups is 3. The van der Waals surface area contributed by atoms with Gasteiger partial charge in [0.25, 0.3) is 0 Å². The van der Waals surface area contributed by atoms with Crippen molar-refractivity contribution < 1.29 is 44.7 Å². The molecule has 226 valence electrons. The van der Waals surface area contributed by atoms with Crippen molar-refractivity contribution in [1.29, 1.82) is 0 Å². The van der Waals surface area contributed by atoms with Crippen LogP contribution < -0.4 is 10.1 Å². The van der Waals surface area contributed by atoms with Crippen molar-refractivity contribution in [2.24, 2.45) is 0 Å². The SMILES string of the molecule is COc1cccc(CN(Cc2ccccn2)C2CC(C)(C)NC(C)(C)C2)c1O.O=C(O)CC(O)(CC(=O)O)C(=O)O. The van der Waals surface area contributed by atoms with Crippen LogP contribution in [0.2, 0.25) is 0 Å². The molecule has 0 unspecified atom stereocenters. The van der Waals surface area contributed by atoms with Gasteiger partial charge in [-0.05, 0) is 58.7 Å². The number of aromatic nitrogens is 1. The summed E-state index contributed by atoms with van der Waals surface area (Å²) in [5.74, 6) is -4.28. The Morgan fingerprint density at radius 1 is 0.976 bits per heavy atom. The molecule has 1 aromatic carbocycles. The second kappa shape index (κ2) is 13.7. The Labute approximate surface area is 239 Å². The van der Waals surface area contributed by atoms with Gasteiger partial charge in [-0.2, -0.15) is 0 Å². The van der Waals surface area contributed by atoms with E-state index in [2.05, 4.69) is 49.0 Å². The highest BCUT2D eigenvalue weighted by Crippen LogP contribution is 2.35. The summed E-state index contributed by atoms with van der Waals surface area (Å²) in [5, 5.41) is 48.2. The van der Waals surface area contributed by atoms with E-state index in [0.717, 1.165) is 30.6 Å². The monoisotopic (exact) mass is 575 g/mol. The molecule has 0 atom stereocenters. The molecule has 1 saturated heterocycles. The molecule has 1 aliphatic rings. The van der Waals surface area contributed by atoms with E-state index in [1.807, 2.05) is 30.5 Å². The van der Waals surface area contributed by atoms with Gasteiger partial charge >= 0.3 is 17.9 Å². The Morgan fingerprint density at radius 3 is 2.02 bits per heavy atom. The highest BCUT2D eigenvalue weighted by atomic mass is 16.5. The number of nitrogens with zero attached hydrogens (tertiary/aromatic N) is 2. The molecule has 0 saturated carbocycles. The van der Waals surface area contributed by atoms with E-state index < -0.39 is 36.4 Å². The first-order valence-corrected chi connectivity index (χ1v) is 13.1. The summed E-state index contributed by atoms with van der Waals surface area (Å²) >= 11 is 0. The zero-order valence-corrected chi connectivity index (χ0v) is 24.1. The maximum atomic E-state index is 10.6. The van der Waals surface area contributed by atoms with E-state index >= 15 is 0 Å². The van der Waals surface area contributed by atoms with Gasteiger partial charge in [-0.3, -0.25) is 19.5 Å². The zero-order chi connectivity index (χ0) is 31.0. The third-order valence-electron chi connectivity index (χ3n) is 6.74. The number of piperidine rings is 1. The lowest BCUT2D eigenvalue weighted by Crippen LogP contribution is -2.62. The number of para-hydroxylation sites is 1. The number of phenols is 1. The maximum absolute atomic E-state index is 10.6. The maximum Gasteiger partial charge on any atom is 0.336 e. The smallest absolute Gasteiger partial charge is 0.336 e. The molecule has 0 amide bonds. The van der Waals surface area contributed by atoms with Gasteiger partial charge in [0.2, 0.25) is 0 Å². The number of methoxy groups -OCH3 is 1. The van der Waals surface area contributed by atoms with E-state index in [1.54, 1.807) is 13.2 Å². The number of aliphatic carboxylic acids is 3. The zero-order valence-electron chi connectivity index (χ0n) is 24.1. The molecule has 41 heavy (non-hydrogen) atoms. The van der Waals surface area contributed by atoms with Crippen molar-refractivity contribution >= 4 is 17.9 Å². The van der Waals surface area contributed by atoms with E-state index in [9.17, 15) is 19.5 Å². The van der Waals surface area contributed by atoms with Gasteiger partial charge in [0, 0.05) is 42.0 Å². The van der Waals surface area contributed by atoms with Gasteiger partial charge < -0.3 is 35.6 Å². The molecule has 6 N–H and O–H groups in total. The number of carboxylic acids is 3. The minimum absolute atomic E-state index is 0.0468. The van der Waals surface area contributed by atoms with Gasteiger partial charge in [-0.1, -0.05) is 18.2 Å². The summed E-state index contributed by atoms with van der Waals surface area (Å²) in [6.07, 6.45) is 1.62. The minimum atomic E-state index is -2.74. The molecule has 1 aliphatic heterocycles. The lowest BCUT2D eigenvalue weighted by molar-refractivity contribution is -0.170. The summed E-state index contributed by atoms with van der Waals surface area (Å²) in [7, 11) is 1.59. The van der Waals surface area contributed by atoms with Crippen LogP contribution in [-0.4, -0.2) is 83.2 Å². The van der Waals surface area contributed by atoms with Gasteiger partial charge in [-0.25, -0.2) is 4.79 Å². The molecule has 2 heterocycles. The van der Waals surface area contributed by atoms with Crippen molar-refractivity contribution in [2.75, 3.05) is 7.11 Å². The average Bonchev–Trinajstić information content (AvgIpc) is 2.83. The van der Waals surface area contributed by atoms with E-state index in [4.69, 9.17) is 25.2 Å². The predicted molar refractivity (Wildman–Crippen MR) is 150 cm³/mol. The molecule has 1 aromatic heterocycles. The topological polar surface area (TPSA) is 190 Å². The molecule has 2 aromatic rings. The number of aromatic hydroxyl groups is 1. The van der Waals surface area contributed by atoms with Crippen LogP contribution >= 0.6 is 0 Å².